The molecule has 0 fully saturated rings. The lowest BCUT2D eigenvalue weighted by Crippen LogP contribution is -2.58. The first-order valence-corrected chi connectivity index (χ1v) is 10.0. The SMILES string of the molecule is CCC(C)C(NC(=O)C(CC(=O)O)NC(=O)CN)C(=O)NC(CCCN=C(N)N)C(=O)O. The van der Waals surface area contributed by atoms with Crippen molar-refractivity contribution < 1.29 is 34.2 Å². The van der Waals surface area contributed by atoms with Crippen LogP contribution >= 0.6 is 0 Å². The van der Waals surface area contributed by atoms with Crippen LogP contribution in [0.15, 0.2) is 4.99 Å². The first-order chi connectivity index (χ1) is 14.9. The van der Waals surface area contributed by atoms with Gasteiger partial charge in [0.1, 0.15) is 18.1 Å². The zero-order valence-corrected chi connectivity index (χ0v) is 18.2. The van der Waals surface area contributed by atoms with Gasteiger partial charge in [-0.15, -0.1) is 0 Å². The van der Waals surface area contributed by atoms with Crippen molar-refractivity contribution in [3.05, 3.63) is 0 Å². The van der Waals surface area contributed by atoms with Crippen LogP contribution in [0.25, 0.3) is 0 Å². The molecule has 0 radical (unpaired) electrons. The van der Waals surface area contributed by atoms with Gasteiger partial charge in [0.25, 0.3) is 0 Å². The average Bonchev–Trinajstić information content (AvgIpc) is 2.71. The number of aliphatic imine (C=N–C) groups is 1. The summed E-state index contributed by atoms with van der Waals surface area (Å²) in [6.07, 6.45) is 0.0306. The molecule has 4 atom stereocenters. The highest BCUT2D eigenvalue weighted by atomic mass is 16.4. The Labute approximate surface area is 185 Å². The lowest BCUT2D eigenvalue weighted by Gasteiger charge is -2.27. The van der Waals surface area contributed by atoms with E-state index < -0.39 is 66.7 Å². The van der Waals surface area contributed by atoms with Gasteiger partial charge in [-0.25, -0.2) is 4.79 Å². The number of rotatable bonds is 15. The van der Waals surface area contributed by atoms with Crippen LogP contribution in [0, 0.1) is 5.92 Å². The summed E-state index contributed by atoms with van der Waals surface area (Å²) < 4.78 is 0. The molecule has 0 heterocycles. The molecule has 0 aromatic rings. The Bertz CT molecular complexity index is 710. The molecule has 3 amide bonds. The van der Waals surface area contributed by atoms with Gasteiger partial charge in [0, 0.05) is 6.54 Å². The zero-order valence-electron chi connectivity index (χ0n) is 18.2. The summed E-state index contributed by atoms with van der Waals surface area (Å²) >= 11 is 0. The molecule has 11 N–H and O–H groups in total. The summed E-state index contributed by atoms with van der Waals surface area (Å²) in [4.78, 5) is 63.2. The minimum atomic E-state index is -1.46. The molecule has 0 aliphatic carbocycles. The molecule has 0 bridgehead atoms. The number of carbonyl (C=O) groups excluding carboxylic acids is 3. The third-order valence-corrected chi connectivity index (χ3v) is 4.57. The lowest BCUT2D eigenvalue weighted by molar-refractivity contribution is -0.143. The molecule has 14 heteroatoms. The Morgan fingerprint density at radius 2 is 1.59 bits per heavy atom. The van der Waals surface area contributed by atoms with E-state index in [0.29, 0.717) is 6.42 Å². The van der Waals surface area contributed by atoms with Gasteiger partial charge in [-0.2, -0.15) is 0 Å². The number of carbonyl (C=O) groups is 5. The molecule has 32 heavy (non-hydrogen) atoms. The molecule has 4 unspecified atom stereocenters. The zero-order chi connectivity index (χ0) is 24.8. The fourth-order valence-electron chi connectivity index (χ4n) is 2.62. The van der Waals surface area contributed by atoms with E-state index in [-0.39, 0.29) is 25.3 Å². The highest BCUT2D eigenvalue weighted by Crippen LogP contribution is 2.10. The molecule has 0 aromatic carbocycles. The quantitative estimate of drug-likeness (QED) is 0.0702. The van der Waals surface area contributed by atoms with Crippen molar-refractivity contribution in [1.82, 2.24) is 16.0 Å². The van der Waals surface area contributed by atoms with E-state index in [1.807, 2.05) is 0 Å². The first kappa shape index (κ1) is 28.6. The van der Waals surface area contributed by atoms with Gasteiger partial charge in [-0.3, -0.25) is 24.2 Å². The van der Waals surface area contributed by atoms with E-state index in [0.717, 1.165) is 0 Å². The van der Waals surface area contributed by atoms with Crippen LogP contribution in [0.2, 0.25) is 0 Å². The Morgan fingerprint density at radius 3 is 2.06 bits per heavy atom. The average molecular weight is 460 g/mol. The Morgan fingerprint density at radius 1 is 0.969 bits per heavy atom. The van der Waals surface area contributed by atoms with Crippen molar-refractivity contribution in [3.8, 4) is 0 Å². The number of carboxylic acid groups (broad SMARTS) is 2. The summed E-state index contributed by atoms with van der Waals surface area (Å²) in [6.45, 7) is 3.12. The number of hydrogen-bond donors (Lipinski definition) is 8. The predicted molar refractivity (Wildman–Crippen MR) is 114 cm³/mol. The summed E-state index contributed by atoms with van der Waals surface area (Å²) in [7, 11) is 0. The Hall–Kier alpha value is -3.42. The molecule has 0 spiro atoms. The highest BCUT2D eigenvalue weighted by molar-refractivity contribution is 5.95. The van der Waals surface area contributed by atoms with Crippen molar-refractivity contribution >= 4 is 35.6 Å². The van der Waals surface area contributed by atoms with Crippen LogP contribution in [0.1, 0.15) is 39.5 Å². The van der Waals surface area contributed by atoms with E-state index in [1.165, 1.54) is 0 Å². The number of aliphatic carboxylic acids is 2. The van der Waals surface area contributed by atoms with Crippen LogP contribution in [-0.4, -0.2) is 77.0 Å². The third kappa shape index (κ3) is 11.1. The van der Waals surface area contributed by atoms with Crippen LogP contribution < -0.4 is 33.2 Å². The first-order valence-electron chi connectivity index (χ1n) is 10.0. The van der Waals surface area contributed by atoms with Crippen molar-refractivity contribution in [1.29, 1.82) is 0 Å². The molecular weight excluding hydrogens is 426 g/mol. The third-order valence-electron chi connectivity index (χ3n) is 4.57. The number of carboxylic acids is 2. The smallest absolute Gasteiger partial charge is 0.326 e. The second kappa shape index (κ2) is 14.6. The maximum atomic E-state index is 12.8. The number of nitrogens with zero attached hydrogens (tertiary/aromatic N) is 1. The second-order valence-corrected chi connectivity index (χ2v) is 7.14. The number of hydrogen-bond acceptors (Lipinski definition) is 7. The van der Waals surface area contributed by atoms with Crippen LogP contribution in [0.3, 0.4) is 0 Å². The van der Waals surface area contributed by atoms with Crippen LogP contribution in [0.5, 0.6) is 0 Å². The fraction of sp³-hybridized carbons (Fsp3) is 0.667. The minimum Gasteiger partial charge on any atom is -0.481 e. The van der Waals surface area contributed by atoms with Gasteiger partial charge in [0.2, 0.25) is 17.7 Å². The Kier molecular flexibility index (Phi) is 13.0. The Balaban J connectivity index is 5.38. The molecule has 0 saturated carbocycles. The standard InChI is InChI=1S/C18H33N7O7/c1-3-9(2)14(25-15(29)11(7-13(27)28)23-12(26)8-19)16(30)24-10(17(31)32)5-4-6-22-18(20)21/h9-11,14H,3-8,19H2,1-2H3,(H,23,26)(H,24,30)(H,25,29)(H,27,28)(H,31,32)(H4,20,21,22). The van der Waals surface area contributed by atoms with Gasteiger partial charge in [-0.05, 0) is 18.8 Å². The number of guanidine groups is 1. The van der Waals surface area contributed by atoms with Crippen molar-refractivity contribution in [2.45, 2.75) is 57.7 Å². The van der Waals surface area contributed by atoms with E-state index in [4.69, 9.17) is 22.3 Å². The molecular formula is C18H33N7O7. The molecule has 14 nitrogen and oxygen atoms in total. The van der Waals surface area contributed by atoms with Crippen molar-refractivity contribution in [3.63, 3.8) is 0 Å². The van der Waals surface area contributed by atoms with Gasteiger partial charge >= 0.3 is 11.9 Å². The highest BCUT2D eigenvalue weighted by Gasteiger charge is 2.32. The van der Waals surface area contributed by atoms with Crippen molar-refractivity contribution in [2.75, 3.05) is 13.1 Å². The number of nitrogens with two attached hydrogens (primary N) is 3. The number of nitrogens with one attached hydrogen (secondary N) is 3. The summed E-state index contributed by atoms with van der Waals surface area (Å²) in [5, 5.41) is 25.4. The van der Waals surface area contributed by atoms with Crippen LogP contribution in [0.4, 0.5) is 0 Å². The second-order valence-electron chi connectivity index (χ2n) is 7.14. The lowest BCUT2D eigenvalue weighted by atomic mass is 9.97. The largest absolute Gasteiger partial charge is 0.481 e. The molecule has 182 valence electrons. The van der Waals surface area contributed by atoms with Gasteiger partial charge in [0.05, 0.1) is 13.0 Å². The normalized spacial score (nSPS) is 14.2. The van der Waals surface area contributed by atoms with E-state index in [1.54, 1.807) is 13.8 Å². The summed E-state index contributed by atoms with van der Waals surface area (Å²) in [5.74, 6) is -5.61. The van der Waals surface area contributed by atoms with Crippen LogP contribution in [-0.2, 0) is 24.0 Å². The minimum absolute atomic E-state index is 0.0349. The summed E-state index contributed by atoms with van der Waals surface area (Å²) in [5.41, 5.74) is 15.6. The monoisotopic (exact) mass is 459 g/mol. The topological polar surface area (TPSA) is 252 Å². The fourth-order valence-corrected chi connectivity index (χ4v) is 2.62. The van der Waals surface area contributed by atoms with E-state index >= 15 is 0 Å². The molecule has 0 aliphatic heterocycles. The molecule has 0 rings (SSSR count). The van der Waals surface area contributed by atoms with Gasteiger partial charge < -0.3 is 43.4 Å². The van der Waals surface area contributed by atoms with E-state index in [9.17, 15) is 29.1 Å². The predicted octanol–water partition coefficient (Wildman–Crippen LogP) is -2.94. The van der Waals surface area contributed by atoms with Crippen molar-refractivity contribution in [2.24, 2.45) is 28.1 Å². The molecule has 0 saturated heterocycles. The van der Waals surface area contributed by atoms with Gasteiger partial charge in [0.15, 0.2) is 5.96 Å². The van der Waals surface area contributed by atoms with E-state index in [2.05, 4.69) is 20.9 Å². The molecule has 0 aromatic heterocycles. The maximum Gasteiger partial charge on any atom is 0.326 e. The molecule has 0 aliphatic rings. The maximum absolute atomic E-state index is 12.8. The summed E-state index contributed by atoms with van der Waals surface area (Å²) in [6, 6.07) is -3.89. The number of amides is 3. The van der Waals surface area contributed by atoms with Gasteiger partial charge in [-0.1, -0.05) is 20.3 Å².